The summed E-state index contributed by atoms with van der Waals surface area (Å²) in [6.45, 7) is 2.17. The van der Waals surface area contributed by atoms with Crippen LogP contribution in [-0.4, -0.2) is 32.2 Å². The highest BCUT2D eigenvalue weighted by Crippen LogP contribution is 2.40. The van der Waals surface area contributed by atoms with Crippen LogP contribution in [0.2, 0.25) is 0 Å². The normalized spacial score (nSPS) is 13.7. The minimum atomic E-state index is -0.798. The monoisotopic (exact) mass is 662 g/mol. The van der Waals surface area contributed by atoms with Crippen LogP contribution in [-0.2, 0) is 19.3 Å². The summed E-state index contributed by atoms with van der Waals surface area (Å²) in [4.78, 5) is 44.2. The number of hydrogen-bond donors (Lipinski definition) is 2. The van der Waals surface area contributed by atoms with E-state index in [-0.39, 0.29) is 34.3 Å². The number of nitrogens with one attached hydrogen (secondary N) is 2. The Balaban J connectivity index is 1.42. The van der Waals surface area contributed by atoms with Gasteiger partial charge in [-0.15, -0.1) is 5.10 Å². The zero-order valence-corrected chi connectivity index (χ0v) is 26.2. The molecule has 3 aromatic carbocycles. The second kappa shape index (κ2) is 12.8. The molecule has 0 radical (unpaired) electrons. The van der Waals surface area contributed by atoms with Crippen molar-refractivity contribution in [3.05, 3.63) is 127 Å². The molecule has 7 rings (SSSR count). The van der Waals surface area contributed by atoms with Crippen molar-refractivity contribution in [3.8, 4) is 28.7 Å². The number of oxazole rings is 1. The second-order valence-corrected chi connectivity index (χ2v) is 11.8. The third-order valence-corrected chi connectivity index (χ3v) is 8.80. The lowest BCUT2D eigenvalue weighted by Crippen LogP contribution is -2.29. The molecule has 1 aliphatic rings. The number of halogens is 2. The molecule has 1 amide bonds. The van der Waals surface area contributed by atoms with Crippen molar-refractivity contribution in [1.82, 2.24) is 25.1 Å². The van der Waals surface area contributed by atoms with Gasteiger partial charge in [0.25, 0.3) is 11.8 Å². The molecule has 0 aliphatic carbocycles. The molecule has 0 fully saturated rings. The molecule has 2 N–H and O–H groups in total. The molecule has 0 unspecified atom stereocenters. The Hall–Kier alpha value is -6.16. The number of carbonyl (C=O) groups excluding carboxylic acids is 1. The number of pyridine rings is 1. The van der Waals surface area contributed by atoms with E-state index in [0.29, 0.717) is 65.0 Å². The minimum absolute atomic E-state index is 0.0742. The number of aromatic amines is 1. The minimum Gasteiger partial charge on any atom is -0.408 e. The molecular weight excluding hydrogens is 634 g/mol. The Morgan fingerprint density at radius 3 is 2.51 bits per heavy atom. The topological polar surface area (TPSA) is 160 Å². The van der Waals surface area contributed by atoms with E-state index in [4.69, 9.17) is 19.1 Å². The molecule has 0 bridgehead atoms. The first-order valence-electron chi connectivity index (χ1n) is 15.7. The summed E-state index contributed by atoms with van der Waals surface area (Å²) in [5.41, 5.74) is 4.35. The van der Waals surface area contributed by atoms with Crippen LogP contribution in [0.1, 0.15) is 64.2 Å². The fourth-order valence-corrected chi connectivity index (χ4v) is 6.36. The lowest BCUT2D eigenvalue weighted by atomic mass is 9.88. The predicted octanol–water partition coefficient (Wildman–Crippen LogP) is 5.61. The van der Waals surface area contributed by atoms with Gasteiger partial charge in [-0.3, -0.25) is 14.3 Å². The summed E-state index contributed by atoms with van der Waals surface area (Å²) in [5.74, 6) is -2.98. The first-order valence-corrected chi connectivity index (χ1v) is 15.7. The molecule has 3 aromatic heterocycles. The van der Waals surface area contributed by atoms with Gasteiger partial charge in [0.05, 0.1) is 39.6 Å². The van der Waals surface area contributed by atoms with Gasteiger partial charge < -0.3 is 14.2 Å². The van der Waals surface area contributed by atoms with E-state index in [1.54, 1.807) is 49.4 Å². The molecule has 0 saturated carbocycles. The van der Waals surface area contributed by atoms with Gasteiger partial charge >= 0.3 is 11.5 Å². The average molecular weight is 663 g/mol. The van der Waals surface area contributed by atoms with E-state index in [2.05, 4.69) is 15.5 Å². The van der Waals surface area contributed by atoms with Crippen LogP contribution in [0, 0.1) is 23.0 Å². The highest BCUT2D eigenvalue weighted by atomic mass is 19.1. The molecule has 1 aliphatic heterocycles. The van der Waals surface area contributed by atoms with Crippen molar-refractivity contribution in [1.29, 1.82) is 5.26 Å². The molecule has 4 heterocycles. The Morgan fingerprint density at radius 1 is 0.959 bits per heavy atom. The lowest BCUT2D eigenvalue weighted by molar-refractivity contribution is 0.0950. The van der Waals surface area contributed by atoms with Crippen LogP contribution in [0.5, 0.6) is 0 Å². The second-order valence-electron chi connectivity index (χ2n) is 11.8. The Kier molecular flexibility index (Phi) is 8.21. The quantitative estimate of drug-likeness (QED) is 0.223. The maximum Gasteiger partial charge on any atom is 0.434 e. The molecule has 49 heavy (non-hydrogen) atoms. The summed E-state index contributed by atoms with van der Waals surface area (Å²) in [6.07, 6.45) is 2.83. The van der Waals surface area contributed by atoms with Crippen LogP contribution < -0.4 is 16.8 Å². The standard InChI is InChI=1S/C36H28F2N6O5/c1-19(21-8-9-23(18-39)25(38)16-21)44-28-14-10-22(17-29(28)48-36(44)47)30-31-26(4-2-3-15-40-33(31)45)41-27(32(30)34-42-43-35(46)49-34)13-7-20-5-11-24(37)12-6-20/h5-6,8-12,14,16-17,19H,2-4,7,13,15H2,1H3,(H,40,45)(H,43,46)/t19-/m0/s1. The summed E-state index contributed by atoms with van der Waals surface area (Å²) in [5, 5.41) is 18.5. The number of fused-ring (bicyclic) bond motifs is 2. The largest absolute Gasteiger partial charge is 0.434 e. The molecule has 246 valence electrons. The number of nitriles is 1. The Bertz CT molecular complexity index is 2400. The highest BCUT2D eigenvalue weighted by Gasteiger charge is 2.30. The maximum absolute atomic E-state index is 14.5. The van der Waals surface area contributed by atoms with Crippen molar-refractivity contribution >= 4 is 17.0 Å². The zero-order chi connectivity index (χ0) is 34.2. The highest BCUT2D eigenvalue weighted by molar-refractivity contribution is 6.06. The van der Waals surface area contributed by atoms with Crippen molar-refractivity contribution < 1.29 is 22.4 Å². The number of nitrogens with zero attached hydrogens (tertiary/aromatic N) is 4. The van der Waals surface area contributed by atoms with Crippen LogP contribution in [0.15, 0.2) is 79.1 Å². The first-order chi connectivity index (χ1) is 23.7. The number of benzene rings is 3. The molecule has 13 heteroatoms. The summed E-state index contributed by atoms with van der Waals surface area (Å²) in [6, 6.07) is 16.4. The zero-order valence-electron chi connectivity index (χ0n) is 26.2. The van der Waals surface area contributed by atoms with E-state index in [0.717, 1.165) is 18.4 Å². The Labute approximate surface area is 276 Å². The average Bonchev–Trinajstić information content (AvgIpc) is 3.67. The molecule has 6 aromatic rings. The predicted molar refractivity (Wildman–Crippen MR) is 174 cm³/mol. The van der Waals surface area contributed by atoms with E-state index >= 15 is 0 Å². The summed E-state index contributed by atoms with van der Waals surface area (Å²) < 4.78 is 40.7. The van der Waals surface area contributed by atoms with Crippen molar-refractivity contribution in [2.45, 2.75) is 45.1 Å². The third kappa shape index (κ3) is 5.93. The van der Waals surface area contributed by atoms with Gasteiger partial charge in [-0.25, -0.2) is 23.5 Å². The van der Waals surface area contributed by atoms with Gasteiger partial charge in [-0.2, -0.15) is 5.26 Å². The van der Waals surface area contributed by atoms with Crippen LogP contribution in [0.25, 0.3) is 33.7 Å². The maximum atomic E-state index is 14.5. The first kappa shape index (κ1) is 31.4. The fourth-order valence-electron chi connectivity index (χ4n) is 6.36. The van der Waals surface area contributed by atoms with E-state index in [1.165, 1.54) is 28.8 Å². The van der Waals surface area contributed by atoms with Crippen molar-refractivity contribution in [2.24, 2.45) is 0 Å². The smallest absolute Gasteiger partial charge is 0.408 e. The lowest BCUT2D eigenvalue weighted by Gasteiger charge is -2.22. The number of H-pyrrole nitrogens is 1. The van der Waals surface area contributed by atoms with Crippen molar-refractivity contribution in [2.75, 3.05) is 6.54 Å². The van der Waals surface area contributed by atoms with Crippen LogP contribution in [0.3, 0.4) is 0 Å². The third-order valence-electron chi connectivity index (χ3n) is 8.80. The van der Waals surface area contributed by atoms with Gasteiger partial charge in [0, 0.05) is 12.1 Å². The molecule has 11 nitrogen and oxygen atoms in total. The van der Waals surface area contributed by atoms with Crippen molar-refractivity contribution in [3.63, 3.8) is 0 Å². The number of aryl methyl sites for hydroxylation is 3. The SMILES string of the molecule is C[C@@H](c1ccc(C#N)c(F)c1)n1c(=O)oc2cc(-c3c4c(nc(CCc5ccc(F)cc5)c3-c3n[nH]c(=O)o3)CCCCNC4=O)ccc21. The van der Waals surface area contributed by atoms with E-state index in [9.17, 15) is 23.2 Å². The number of carbonyl (C=O) groups is 1. The number of aromatic nitrogens is 4. The summed E-state index contributed by atoms with van der Waals surface area (Å²) >= 11 is 0. The molecule has 0 spiro atoms. The molecular formula is C36H28F2N6O5. The van der Waals surface area contributed by atoms with Gasteiger partial charge in [0.1, 0.15) is 17.7 Å². The van der Waals surface area contributed by atoms with Gasteiger partial charge in [-0.1, -0.05) is 24.3 Å². The van der Waals surface area contributed by atoms with Gasteiger partial charge in [0.15, 0.2) is 5.58 Å². The number of hydrogen-bond acceptors (Lipinski definition) is 8. The van der Waals surface area contributed by atoms with Crippen LogP contribution >= 0.6 is 0 Å². The number of amides is 1. The summed E-state index contributed by atoms with van der Waals surface area (Å²) in [7, 11) is 0. The Morgan fingerprint density at radius 2 is 1.78 bits per heavy atom. The fraction of sp³-hybridized carbons (Fsp3) is 0.222. The molecule has 0 saturated heterocycles. The van der Waals surface area contributed by atoms with Crippen LogP contribution in [0.4, 0.5) is 8.78 Å². The molecule has 1 atom stereocenters. The number of rotatable bonds is 7. The van der Waals surface area contributed by atoms with E-state index < -0.39 is 23.4 Å². The van der Waals surface area contributed by atoms with E-state index in [1.807, 2.05) is 0 Å². The van der Waals surface area contributed by atoms with Gasteiger partial charge in [-0.05, 0) is 92.1 Å². The van der Waals surface area contributed by atoms with Gasteiger partial charge in [0.2, 0.25) is 0 Å².